The van der Waals surface area contributed by atoms with Gasteiger partial charge in [-0.15, -0.1) is 0 Å². The van der Waals surface area contributed by atoms with Crippen LogP contribution in [0.2, 0.25) is 0 Å². The van der Waals surface area contributed by atoms with Crippen LogP contribution in [0.3, 0.4) is 0 Å². The Bertz CT molecular complexity index is 244. The van der Waals surface area contributed by atoms with Gasteiger partial charge in [0.25, 0.3) is 0 Å². The minimum Gasteiger partial charge on any atom is -0.474 e. The molecule has 0 amide bonds. The van der Waals surface area contributed by atoms with E-state index in [1.165, 1.54) is 7.05 Å². The monoisotopic (exact) mass is 142 g/mol. The van der Waals surface area contributed by atoms with Crippen LogP contribution in [0.4, 0.5) is 6.01 Å². The molecule has 0 saturated heterocycles. The lowest BCUT2D eigenvalue weighted by Gasteiger charge is -1.81. The van der Waals surface area contributed by atoms with Crippen LogP contribution in [0, 0.1) is 0 Å². The van der Waals surface area contributed by atoms with Crippen molar-refractivity contribution in [2.45, 2.75) is 0 Å². The van der Waals surface area contributed by atoms with E-state index in [-0.39, 0.29) is 6.01 Å². The van der Waals surface area contributed by atoms with Crippen LogP contribution in [-0.2, 0) is 0 Å². The first kappa shape index (κ1) is 6.53. The molecule has 53 valence electrons. The maximum Gasteiger partial charge on any atom is 0.393 e. The Balaban J connectivity index is 2.88. The molecule has 10 heavy (non-hydrogen) atoms. The summed E-state index contributed by atoms with van der Waals surface area (Å²) in [4.78, 5) is 10.1. The number of hydrogen-bond acceptors (Lipinski definition) is 4. The fraction of sp³-hybridized carbons (Fsp3) is 0.250. The third kappa shape index (κ3) is 1.04. The molecule has 0 atom stereocenters. The number of carbonyl (C=O) groups is 1. The van der Waals surface area contributed by atoms with E-state index in [1.54, 1.807) is 0 Å². The molecule has 1 aromatic rings. The fourth-order valence-corrected chi connectivity index (χ4v) is 0.392. The first-order valence-corrected chi connectivity index (χ1v) is 2.40. The molecule has 1 N–H and O–H groups in total. The highest BCUT2D eigenvalue weighted by atomic mass is 16.4. The van der Waals surface area contributed by atoms with Crippen LogP contribution >= 0.6 is 0 Å². The van der Waals surface area contributed by atoms with Gasteiger partial charge in [0.1, 0.15) is 0 Å². The zero-order valence-electron chi connectivity index (χ0n) is 5.11. The second-order valence-corrected chi connectivity index (χ2v) is 1.42. The molecule has 0 bridgehead atoms. The van der Waals surface area contributed by atoms with Crippen molar-refractivity contribution < 1.29 is 14.3 Å². The van der Waals surface area contributed by atoms with Gasteiger partial charge in [-0.05, 0) is 0 Å². The Hall–Kier alpha value is -1.59. The van der Waals surface area contributed by atoms with E-state index >= 15 is 0 Å². The summed E-state index contributed by atoms with van der Waals surface area (Å²) in [5.41, 5.74) is 0. The predicted molar refractivity (Wildman–Crippen MR) is 29.0 cm³/mol. The van der Waals surface area contributed by atoms with Crippen LogP contribution in [0.15, 0.2) is 4.42 Å². The molecule has 6 nitrogen and oxygen atoms in total. The van der Waals surface area contributed by atoms with Gasteiger partial charge in [-0.2, -0.15) is 0 Å². The molecule has 6 heteroatoms. The van der Waals surface area contributed by atoms with Crippen molar-refractivity contribution >= 4 is 12.0 Å². The molecule has 0 spiro atoms. The van der Waals surface area contributed by atoms with Gasteiger partial charge in [0.2, 0.25) is 0 Å². The second kappa shape index (κ2) is 2.34. The van der Waals surface area contributed by atoms with Gasteiger partial charge < -0.3 is 9.52 Å². The van der Waals surface area contributed by atoms with Crippen LogP contribution in [0.1, 0.15) is 10.7 Å². The van der Waals surface area contributed by atoms with Crippen molar-refractivity contribution in [2.75, 3.05) is 7.05 Å². The van der Waals surface area contributed by atoms with Crippen molar-refractivity contribution in [3.8, 4) is 0 Å². The number of carboxylic acid groups (broad SMARTS) is 1. The maximum atomic E-state index is 10.1. The highest BCUT2D eigenvalue weighted by Gasteiger charge is 2.11. The summed E-state index contributed by atoms with van der Waals surface area (Å²) >= 11 is 0. The number of aromatic nitrogens is 2. The Morgan fingerprint density at radius 2 is 2.40 bits per heavy atom. The molecule has 0 fully saturated rings. The lowest BCUT2D eigenvalue weighted by atomic mass is 10.7. The van der Waals surface area contributed by atoms with Gasteiger partial charge in [0.15, 0.2) is 0 Å². The summed E-state index contributed by atoms with van der Waals surface area (Å²) in [6, 6.07) is -0.0302. The van der Waals surface area contributed by atoms with E-state index in [2.05, 4.69) is 19.9 Å². The molecular formula is C4H4N3O3. The zero-order chi connectivity index (χ0) is 7.56. The average Bonchev–Trinajstić information content (AvgIpc) is 2.34. The largest absolute Gasteiger partial charge is 0.474 e. The van der Waals surface area contributed by atoms with Crippen molar-refractivity contribution in [3.63, 3.8) is 0 Å². The highest BCUT2D eigenvalue weighted by molar-refractivity contribution is 5.81. The van der Waals surface area contributed by atoms with Gasteiger partial charge in [0, 0.05) is 7.05 Å². The summed E-state index contributed by atoms with van der Waals surface area (Å²) in [7, 11) is 1.43. The smallest absolute Gasteiger partial charge is 0.393 e. The number of hydrogen-bond donors (Lipinski definition) is 1. The lowest BCUT2D eigenvalue weighted by molar-refractivity contribution is 0.0654. The van der Waals surface area contributed by atoms with Crippen LogP contribution in [0.5, 0.6) is 0 Å². The third-order valence-corrected chi connectivity index (χ3v) is 0.789. The molecule has 0 aliphatic carbocycles. The maximum absolute atomic E-state index is 10.1. The molecule has 1 aromatic heterocycles. The molecule has 0 aromatic carbocycles. The molecule has 0 saturated carbocycles. The van der Waals surface area contributed by atoms with Crippen LogP contribution < -0.4 is 5.32 Å². The standard InChI is InChI=1S/C4H4N3O3/c1-5-4-7-6-2(10-4)3(8)9/h1H3,(H,8,9). The number of aromatic carboxylic acids is 1. The van der Waals surface area contributed by atoms with Crippen molar-refractivity contribution in [1.29, 1.82) is 0 Å². The average molecular weight is 142 g/mol. The van der Waals surface area contributed by atoms with Crippen LogP contribution in [0.25, 0.3) is 0 Å². The van der Waals surface area contributed by atoms with Crippen molar-refractivity contribution in [3.05, 3.63) is 5.89 Å². The molecule has 0 aliphatic rings. The summed E-state index contributed by atoms with van der Waals surface area (Å²) in [5.74, 6) is -1.69. The Labute approximate surface area is 55.9 Å². The molecule has 1 rings (SSSR count). The van der Waals surface area contributed by atoms with Gasteiger partial charge >= 0.3 is 17.9 Å². The van der Waals surface area contributed by atoms with E-state index in [1.807, 2.05) is 0 Å². The summed E-state index contributed by atoms with van der Waals surface area (Å²) in [6.45, 7) is 0. The number of rotatable bonds is 2. The minimum atomic E-state index is -1.25. The normalized spacial score (nSPS) is 9.30. The second-order valence-electron chi connectivity index (χ2n) is 1.42. The number of nitrogens with zero attached hydrogens (tertiary/aromatic N) is 3. The first-order chi connectivity index (χ1) is 4.74. The fourth-order valence-electron chi connectivity index (χ4n) is 0.392. The molecule has 1 heterocycles. The first-order valence-electron chi connectivity index (χ1n) is 2.40. The van der Waals surface area contributed by atoms with E-state index in [0.29, 0.717) is 0 Å². The summed E-state index contributed by atoms with van der Waals surface area (Å²) in [6.07, 6.45) is 0. The third-order valence-electron chi connectivity index (χ3n) is 0.789. The van der Waals surface area contributed by atoms with Gasteiger partial charge in [0.05, 0.1) is 0 Å². The quantitative estimate of drug-likeness (QED) is 0.608. The SMILES string of the molecule is C[N]c1nnc(C(=O)O)o1. The molecule has 0 aliphatic heterocycles. The van der Waals surface area contributed by atoms with E-state index in [0.717, 1.165) is 0 Å². The summed E-state index contributed by atoms with van der Waals surface area (Å²) in [5, 5.41) is 18.2. The number of carboxylic acids is 1. The van der Waals surface area contributed by atoms with Crippen molar-refractivity contribution in [1.82, 2.24) is 15.5 Å². The van der Waals surface area contributed by atoms with Gasteiger partial charge in [-0.25, -0.2) is 10.1 Å². The van der Waals surface area contributed by atoms with E-state index in [4.69, 9.17) is 5.11 Å². The zero-order valence-corrected chi connectivity index (χ0v) is 5.11. The topological polar surface area (TPSA) is 90.3 Å². The Morgan fingerprint density at radius 3 is 2.70 bits per heavy atom. The molecule has 1 radical (unpaired) electrons. The van der Waals surface area contributed by atoms with E-state index in [9.17, 15) is 4.79 Å². The lowest BCUT2D eigenvalue weighted by Crippen LogP contribution is -1.95. The Morgan fingerprint density at radius 1 is 1.70 bits per heavy atom. The Kier molecular flexibility index (Phi) is 1.53. The van der Waals surface area contributed by atoms with Gasteiger partial charge in [-0.1, -0.05) is 10.2 Å². The molecular weight excluding hydrogens is 138 g/mol. The predicted octanol–water partition coefficient (Wildman–Crippen LogP) is -0.367. The minimum absolute atomic E-state index is 0.0302. The van der Waals surface area contributed by atoms with Crippen molar-refractivity contribution in [2.24, 2.45) is 0 Å². The van der Waals surface area contributed by atoms with E-state index < -0.39 is 11.9 Å². The highest BCUT2D eigenvalue weighted by Crippen LogP contribution is 2.02. The molecule has 0 unspecified atom stereocenters. The summed E-state index contributed by atoms with van der Waals surface area (Å²) < 4.78 is 4.51. The van der Waals surface area contributed by atoms with Gasteiger partial charge in [-0.3, -0.25) is 0 Å². The van der Waals surface area contributed by atoms with Crippen LogP contribution in [-0.4, -0.2) is 28.3 Å².